The lowest BCUT2D eigenvalue weighted by Gasteiger charge is -2.11. The summed E-state index contributed by atoms with van der Waals surface area (Å²) in [7, 11) is 0. The predicted molar refractivity (Wildman–Crippen MR) is 138 cm³/mol. The average molecular weight is 718 g/mol. The van der Waals surface area contributed by atoms with E-state index in [1.807, 2.05) is 0 Å². The van der Waals surface area contributed by atoms with Crippen molar-refractivity contribution in [3.8, 4) is 0 Å². The maximum absolute atomic E-state index is 13.5. The molecule has 0 radical (unpaired) electrons. The molecule has 0 aliphatic carbocycles. The molecule has 34 heavy (non-hydrogen) atoms. The van der Waals surface area contributed by atoms with Crippen LogP contribution in [-0.4, -0.2) is 42.2 Å². The number of carbonyl (C=O) groups excluding carboxylic acids is 2. The molecule has 0 amide bonds. The molecule has 0 bridgehead atoms. The Bertz CT molecular complexity index is 1010. The minimum atomic E-state index is -3.65. The van der Waals surface area contributed by atoms with Gasteiger partial charge in [0.1, 0.15) is 0 Å². The van der Waals surface area contributed by atoms with Gasteiger partial charge in [0.25, 0.3) is 0 Å². The van der Waals surface area contributed by atoms with E-state index in [1.54, 1.807) is 71.1 Å². The van der Waals surface area contributed by atoms with Crippen molar-refractivity contribution in [2.45, 2.75) is 25.7 Å². The molecule has 0 aliphatic heterocycles. The van der Waals surface area contributed by atoms with Crippen LogP contribution in [-0.2, 0) is 14.3 Å². The van der Waals surface area contributed by atoms with Gasteiger partial charge >= 0.3 is 23.8 Å². The first-order chi connectivity index (χ1) is 16.0. The fourth-order valence-corrected chi connectivity index (χ4v) is 3.76. The number of ether oxygens (including phenoxy) is 2. The van der Waals surface area contributed by atoms with Crippen LogP contribution in [0.1, 0.15) is 40.5 Å². The quantitative estimate of drug-likeness (QED) is 0.170. The highest BCUT2D eigenvalue weighted by atomic mass is 127. The number of benzene rings is 2. The minimum Gasteiger partial charge on any atom is -0.478 e. The summed E-state index contributed by atoms with van der Waals surface area (Å²) in [6.07, 6.45) is 1.21. The van der Waals surface area contributed by atoms with Crippen molar-refractivity contribution in [3.63, 3.8) is 0 Å². The largest absolute Gasteiger partial charge is 0.478 e. The number of hydrogen-bond acceptors (Lipinski definition) is 5. The standard InChI is InChI=1S/C16H16BrF2IO4.C7H5BrO2/c1-2-23-15(22)16(18,19)10-13(20)4-3-9-24-14(21)11-5-7-12(17)8-6-11;8-6-4-2-1-3-5(6)7(9)10/h5-8,10H,2-4,9H2,1H3;1-4H,(H,9,10). The van der Waals surface area contributed by atoms with E-state index in [2.05, 4.69) is 36.6 Å². The van der Waals surface area contributed by atoms with Gasteiger partial charge in [0.15, 0.2) is 0 Å². The van der Waals surface area contributed by atoms with E-state index in [4.69, 9.17) is 9.84 Å². The van der Waals surface area contributed by atoms with E-state index in [9.17, 15) is 23.2 Å². The first-order valence-electron chi connectivity index (χ1n) is 9.80. The number of alkyl halides is 2. The van der Waals surface area contributed by atoms with E-state index in [0.29, 0.717) is 31.7 Å². The number of esters is 2. The molecule has 0 saturated carbocycles. The molecule has 2 aromatic carbocycles. The molecule has 184 valence electrons. The molecule has 2 rings (SSSR count). The second-order valence-corrected chi connectivity index (χ2v) is 9.62. The summed E-state index contributed by atoms with van der Waals surface area (Å²) in [4.78, 5) is 33.3. The van der Waals surface area contributed by atoms with Gasteiger partial charge in [-0.05, 0) is 98.3 Å². The molecule has 2 aromatic rings. The Balaban J connectivity index is 0.000000479. The summed E-state index contributed by atoms with van der Waals surface area (Å²) < 4.78 is 38.1. The highest BCUT2D eigenvalue weighted by molar-refractivity contribution is 14.1. The van der Waals surface area contributed by atoms with Crippen molar-refractivity contribution >= 4 is 72.4 Å². The Morgan fingerprint density at radius 2 is 1.68 bits per heavy atom. The number of carbonyl (C=O) groups is 3. The van der Waals surface area contributed by atoms with E-state index >= 15 is 0 Å². The van der Waals surface area contributed by atoms with Crippen LogP contribution in [0, 0.1) is 0 Å². The molecule has 0 aliphatic rings. The second-order valence-electron chi connectivity index (χ2n) is 6.47. The number of allylic oxidation sites excluding steroid dienone is 1. The maximum Gasteiger partial charge on any atom is 0.381 e. The third-order valence-electron chi connectivity index (χ3n) is 3.86. The number of carboxylic acids is 1. The highest BCUT2D eigenvalue weighted by Crippen LogP contribution is 2.25. The first kappa shape index (κ1) is 30.2. The van der Waals surface area contributed by atoms with Gasteiger partial charge in [0, 0.05) is 15.0 Å². The normalized spacial score (nSPS) is 11.2. The summed E-state index contributed by atoms with van der Waals surface area (Å²) in [5, 5.41) is 8.54. The zero-order chi connectivity index (χ0) is 25.7. The molecule has 0 heterocycles. The van der Waals surface area contributed by atoms with Gasteiger partial charge in [-0.15, -0.1) is 0 Å². The molecule has 0 spiro atoms. The number of carboxylic acid groups (broad SMARTS) is 1. The second kappa shape index (κ2) is 15.2. The number of hydrogen-bond donors (Lipinski definition) is 1. The Kier molecular flexibility index (Phi) is 13.5. The van der Waals surface area contributed by atoms with Crippen LogP contribution >= 0.6 is 54.5 Å². The van der Waals surface area contributed by atoms with Crippen molar-refractivity contribution in [3.05, 3.63) is 78.3 Å². The van der Waals surface area contributed by atoms with Gasteiger partial charge in [0.2, 0.25) is 0 Å². The van der Waals surface area contributed by atoms with E-state index < -0.39 is 23.8 Å². The van der Waals surface area contributed by atoms with Crippen LogP contribution in [0.25, 0.3) is 0 Å². The SMILES string of the molecule is CCOC(=O)C(F)(F)C=C(I)CCCOC(=O)c1ccc(Br)cc1.O=C(O)c1ccccc1Br. The minimum absolute atomic E-state index is 0.0974. The van der Waals surface area contributed by atoms with Crippen molar-refractivity contribution in [1.82, 2.24) is 0 Å². The van der Waals surface area contributed by atoms with Crippen molar-refractivity contribution in [2.75, 3.05) is 13.2 Å². The number of rotatable bonds is 9. The van der Waals surface area contributed by atoms with Gasteiger partial charge in [-0.25, -0.2) is 14.4 Å². The van der Waals surface area contributed by atoms with Gasteiger partial charge in [0.05, 0.1) is 24.3 Å². The molecule has 1 N–H and O–H groups in total. The molecule has 0 unspecified atom stereocenters. The molecule has 11 heteroatoms. The third-order valence-corrected chi connectivity index (χ3v) is 5.93. The number of aromatic carboxylic acids is 1. The van der Waals surface area contributed by atoms with Crippen molar-refractivity contribution in [1.29, 1.82) is 0 Å². The molecule has 0 atom stereocenters. The monoisotopic (exact) mass is 716 g/mol. The summed E-state index contributed by atoms with van der Waals surface area (Å²) in [5.41, 5.74) is 0.708. The molecule has 6 nitrogen and oxygen atoms in total. The van der Waals surface area contributed by atoms with Crippen LogP contribution in [0.4, 0.5) is 8.78 Å². The van der Waals surface area contributed by atoms with Crippen LogP contribution in [0.3, 0.4) is 0 Å². The van der Waals surface area contributed by atoms with Crippen LogP contribution in [0.2, 0.25) is 0 Å². The van der Waals surface area contributed by atoms with Crippen LogP contribution in [0.5, 0.6) is 0 Å². The van der Waals surface area contributed by atoms with Gasteiger partial charge in [-0.1, -0.05) is 28.1 Å². The van der Waals surface area contributed by atoms with Crippen molar-refractivity contribution < 1.29 is 37.7 Å². The summed E-state index contributed by atoms with van der Waals surface area (Å²) in [5.74, 6) is -6.60. The topological polar surface area (TPSA) is 89.9 Å². The molecular weight excluding hydrogens is 697 g/mol. The van der Waals surface area contributed by atoms with Crippen LogP contribution in [0.15, 0.2) is 67.1 Å². The lowest BCUT2D eigenvalue weighted by Crippen LogP contribution is -2.28. The van der Waals surface area contributed by atoms with Gasteiger partial charge in [-0.2, -0.15) is 8.78 Å². The molecule has 0 aromatic heterocycles. The maximum atomic E-state index is 13.5. The smallest absolute Gasteiger partial charge is 0.381 e. The fraction of sp³-hybridized carbons (Fsp3) is 0.261. The summed E-state index contributed by atoms with van der Waals surface area (Å²) >= 11 is 8.11. The average Bonchev–Trinajstić information content (AvgIpc) is 2.77. The fourth-order valence-electron chi connectivity index (χ4n) is 2.26. The first-order valence-corrected chi connectivity index (χ1v) is 12.5. The zero-order valence-corrected chi connectivity index (χ0v) is 23.2. The summed E-state index contributed by atoms with van der Waals surface area (Å²) in [6, 6.07) is 13.4. The Morgan fingerprint density at radius 1 is 1.06 bits per heavy atom. The third kappa shape index (κ3) is 11.0. The lowest BCUT2D eigenvalue weighted by molar-refractivity contribution is -0.164. The van der Waals surface area contributed by atoms with E-state index in [1.165, 1.54) is 6.92 Å². The van der Waals surface area contributed by atoms with Crippen molar-refractivity contribution in [2.24, 2.45) is 0 Å². The lowest BCUT2D eigenvalue weighted by atomic mass is 10.2. The summed E-state index contributed by atoms with van der Waals surface area (Å²) in [6.45, 7) is 1.45. The van der Waals surface area contributed by atoms with E-state index in [-0.39, 0.29) is 19.6 Å². The molecule has 0 saturated heterocycles. The Hall–Kier alpha value is -1.86. The van der Waals surface area contributed by atoms with Gasteiger partial charge in [-0.3, -0.25) is 0 Å². The molecular formula is C23H21Br2F2IO6. The Morgan fingerprint density at radius 3 is 2.21 bits per heavy atom. The zero-order valence-electron chi connectivity index (χ0n) is 17.9. The Labute approximate surface area is 226 Å². The molecule has 0 fully saturated rings. The van der Waals surface area contributed by atoms with Crippen LogP contribution < -0.4 is 0 Å². The number of halogens is 5. The van der Waals surface area contributed by atoms with E-state index in [0.717, 1.165) is 4.47 Å². The van der Waals surface area contributed by atoms with Gasteiger partial charge < -0.3 is 14.6 Å². The predicted octanol–water partition coefficient (Wildman–Crippen LogP) is 7.05. The highest BCUT2D eigenvalue weighted by Gasteiger charge is 2.38.